The number of likely N-dealkylation sites (tertiary alicyclic amines) is 1. The first-order valence-corrected chi connectivity index (χ1v) is 8.21. The van der Waals surface area contributed by atoms with Crippen molar-refractivity contribution in [3.63, 3.8) is 0 Å². The van der Waals surface area contributed by atoms with E-state index in [4.69, 9.17) is 10.5 Å². The van der Waals surface area contributed by atoms with Crippen LogP contribution in [-0.2, 0) is 13.2 Å². The number of rotatable bonds is 6. The van der Waals surface area contributed by atoms with E-state index in [1.807, 2.05) is 24.3 Å². The summed E-state index contributed by atoms with van der Waals surface area (Å²) in [6.45, 7) is 6.68. The van der Waals surface area contributed by atoms with Crippen molar-refractivity contribution in [1.82, 2.24) is 9.88 Å². The second-order valence-electron chi connectivity index (χ2n) is 6.73. The lowest BCUT2D eigenvalue weighted by Gasteiger charge is -2.22. The van der Waals surface area contributed by atoms with Crippen LogP contribution in [0.25, 0.3) is 0 Å². The number of nitrogens with two attached hydrogens (primary N) is 1. The van der Waals surface area contributed by atoms with Crippen LogP contribution in [-0.4, -0.2) is 29.5 Å². The molecule has 2 N–H and O–H groups in total. The number of aromatic nitrogens is 1. The van der Waals surface area contributed by atoms with Gasteiger partial charge in [0.25, 0.3) is 0 Å². The standard InChI is InChI=1S/C19H25N3O/c1-19(14-20)8-10-22(15-19)12-16-5-4-7-18(11-16)23-13-17-6-2-3-9-21-17/h2-7,9,11H,8,10,12-15,20H2,1H3. The minimum atomic E-state index is 0.271. The van der Waals surface area contributed by atoms with Gasteiger partial charge >= 0.3 is 0 Å². The summed E-state index contributed by atoms with van der Waals surface area (Å²) in [6.07, 6.45) is 2.97. The highest BCUT2D eigenvalue weighted by Crippen LogP contribution is 2.29. The Morgan fingerprint density at radius 2 is 2.17 bits per heavy atom. The molecule has 0 aliphatic carbocycles. The maximum atomic E-state index is 5.89. The van der Waals surface area contributed by atoms with Crippen molar-refractivity contribution in [2.75, 3.05) is 19.6 Å². The summed E-state index contributed by atoms with van der Waals surface area (Å²) in [5.41, 5.74) is 8.38. The van der Waals surface area contributed by atoms with Crippen molar-refractivity contribution in [3.8, 4) is 5.75 Å². The molecule has 1 atom stereocenters. The minimum absolute atomic E-state index is 0.271. The van der Waals surface area contributed by atoms with Gasteiger partial charge in [0.05, 0.1) is 5.69 Å². The maximum Gasteiger partial charge on any atom is 0.130 e. The summed E-state index contributed by atoms with van der Waals surface area (Å²) in [7, 11) is 0. The zero-order valence-corrected chi connectivity index (χ0v) is 13.7. The number of hydrogen-bond acceptors (Lipinski definition) is 4. The first-order chi connectivity index (χ1) is 11.2. The predicted octanol–water partition coefficient (Wildman–Crippen LogP) is 2.83. The summed E-state index contributed by atoms with van der Waals surface area (Å²) >= 11 is 0. The van der Waals surface area contributed by atoms with Crippen LogP contribution in [0.3, 0.4) is 0 Å². The van der Waals surface area contributed by atoms with Crippen LogP contribution in [0.2, 0.25) is 0 Å². The molecule has 0 amide bonds. The fourth-order valence-corrected chi connectivity index (χ4v) is 3.06. The molecule has 1 aromatic carbocycles. The van der Waals surface area contributed by atoms with E-state index in [0.717, 1.165) is 37.6 Å². The van der Waals surface area contributed by atoms with Crippen LogP contribution in [0, 0.1) is 5.41 Å². The van der Waals surface area contributed by atoms with Crippen LogP contribution in [0.15, 0.2) is 48.7 Å². The van der Waals surface area contributed by atoms with Gasteiger partial charge in [-0.25, -0.2) is 0 Å². The molecule has 1 aliphatic rings. The van der Waals surface area contributed by atoms with E-state index < -0.39 is 0 Å². The van der Waals surface area contributed by atoms with E-state index in [-0.39, 0.29) is 5.41 Å². The van der Waals surface area contributed by atoms with Gasteiger partial charge in [-0.2, -0.15) is 0 Å². The Morgan fingerprint density at radius 1 is 1.26 bits per heavy atom. The lowest BCUT2D eigenvalue weighted by atomic mass is 9.90. The Balaban J connectivity index is 1.57. The van der Waals surface area contributed by atoms with Crippen LogP contribution < -0.4 is 10.5 Å². The van der Waals surface area contributed by atoms with E-state index in [1.165, 1.54) is 12.0 Å². The van der Waals surface area contributed by atoms with E-state index in [1.54, 1.807) is 6.20 Å². The molecular formula is C19H25N3O. The summed E-state index contributed by atoms with van der Waals surface area (Å²) in [4.78, 5) is 6.76. The zero-order valence-electron chi connectivity index (χ0n) is 13.7. The molecule has 1 aliphatic heterocycles. The Labute approximate surface area is 138 Å². The first-order valence-electron chi connectivity index (χ1n) is 8.21. The molecule has 122 valence electrons. The van der Waals surface area contributed by atoms with Gasteiger partial charge < -0.3 is 10.5 Å². The lowest BCUT2D eigenvalue weighted by molar-refractivity contribution is 0.273. The molecule has 1 aromatic heterocycles. The van der Waals surface area contributed by atoms with Gasteiger partial charge in [0.2, 0.25) is 0 Å². The number of ether oxygens (including phenoxy) is 1. The molecule has 0 spiro atoms. The lowest BCUT2D eigenvalue weighted by Crippen LogP contribution is -2.31. The zero-order chi connectivity index (χ0) is 16.1. The SMILES string of the molecule is CC1(CN)CCN(Cc2cccc(OCc3ccccn3)c2)C1. The van der Waals surface area contributed by atoms with Crippen molar-refractivity contribution in [2.45, 2.75) is 26.5 Å². The molecule has 0 bridgehead atoms. The van der Waals surface area contributed by atoms with Crippen molar-refractivity contribution < 1.29 is 4.74 Å². The molecule has 0 radical (unpaired) electrons. The fourth-order valence-electron chi connectivity index (χ4n) is 3.06. The molecule has 2 heterocycles. The van der Waals surface area contributed by atoms with Crippen LogP contribution >= 0.6 is 0 Å². The first kappa shape index (κ1) is 16.0. The second-order valence-corrected chi connectivity index (χ2v) is 6.73. The monoisotopic (exact) mass is 311 g/mol. The van der Waals surface area contributed by atoms with Gasteiger partial charge in [-0.3, -0.25) is 9.88 Å². The normalized spacial score (nSPS) is 21.5. The van der Waals surface area contributed by atoms with Gasteiger partial charge in [-0.15, -0.1) is 0 Å². The molecule has 4 heteroatoms. The highest BCUT2D eigenvalue weighted by molar-refractivity contribution is 5.28. The van der Waals surface area contributed by atoms with E-state index >= 15 is 0 Å². The molecule has 2 aromatic rings. The predicted molar refractivity (Wildman–Crippen MR) is 92.1 cm³/mol. The third-order valence-electron chi connectivity index (χ3n) is 4.55. The van der Waals surface area contributed by atoms with Crippen molar-refractivity contribution in [2.24, 2.45) is 11.1 Å². The van der Waals surface area contributed by atoms with Gasteiger partial charge in [-0.05, 0) is 54.8 Å². The Bertz CT molecular complexity index is 632. The highest BCUT2D eigenvalue weighted by atomic mass is 16.5. The third kappa shape index (κ3) is 4.30. The molecule has 0 saturated carbocycles. The molecule has 3 rings (SSSR count). The van der Waals surface area contributed by atoms with Crippen LogP contribution in [0.4, 0.5) is 0 Å². The highest BCUT2D eigenvalue weighted by Gasteiger charge is 2.32. The summed E-state index contributed by atoms with van der Waals surface area (Å²) in [6, 6.07) is 14.2. The number of benzene rings is 1. The smallest absolute Gasteiger partial charge is 0.130 e. The van der Waals surface area contributed by atoms with Gasteiger partial charge in [0, 0.05) is 19.3 Å². The van der Waals surface area contributed by atoms with Crippen molar-refractivity contribution in [3.05, 3.63) is 59.9 Å². The average molecular weight is 311 g/mol. The van der Waals surface area contributed by atoms with Crippen LogP contribution in [0.5, 0.6) is 5.75 Å². The number of hydrogen-bond donors (Lipinski definition) is 1. The largest absolute Gasteiger partial charge is 0.487 e. The molecule has 1 fully saturated rings. The maximum absolute atomic E-state index is 5.89. The summed E-state index contributed by atoms with van der Waals surface area (Å²) < 4.78 is 5.86. The molecule has 23 heavy (non-hydrogen) atoms. The Hall–Kier alpha value is -1.91. The molecular weight excluding hydrogens is 286 g/mol. The summed E-state index contributed by atoms with van der Waals surface area (Å²) in [5.74, 6) is 0.897. The average Bonchev–Trinajstić information content (AvgIpc) is 2.96. The summed E-state index contributed by atoms with van der Waals surface area (Å²) in [5, 5.41) is 0. The van der Waals surface area contributed by atoms with Gasteiger partial charge in [0.15, 0.2) is 0 Å². The van der Waals surface area contributed by atoms with E-state index in [9.17, 15) is 0 Å². The molecule has 1 unspecified atom stereocenters. The minimum Gasteiger partial charge on any atom is -0.487 e. The molecule has 1 saturated heterocycles. The van der Waals surface area contributed by atoms with Crippen molar-refractivity contribution in [1.29, 1.82) is 0 Å². The topological polar surface area (TPSA) is 51.4 Å². The quantitative estimate of drug-likeness (QED) is 0.891. The van der Waals surface area contributed by atoms with Gasteiger partial charge in [0.1, 0.15) is 12.4 Å². The number of pyridine rings is 1. The fraction of sp³-hybridized carbons (Fsp3) is 0.421. The van der Waals surface area contributed by atoms with Crippen LogP contribution in [0.1, 0.15) is 24.6 Å². The second kappa shape index (κ2) is 7.11. The Morgan fingerprint density at radius 3 is 2.91 bits per heavy atom. The third-order valence-corrected chi connectivity index (χ3v) is 4.55. The number of nitrogens with zero attached hydrogens (tertiary/aromatic N) is 2. The Kier molecular flexibility index (Phi) is 4.94. The van der Waals surface area contributed by atoms with Gasteiger partial charge in [-0.1, -0.05) is 25.1 Å². The van der Waals surface area contributed by atoms with Crippen molar-refractivity contribution >= 4 is 0 Å². The van der Waals surface area contributed by atoms with E-state index in [0.29, 0.717) is 6.61 Å². The molecule has 4 nitrogen and oxygen atoms in total. The van der Waals surface area contributed by atoms with E-state index in [2.05, 4.69) is 35.0 Å².